The van der Waals surface area contributed by atoms with Crippen molar-refractivity contribution in [3.63, 3.8) is 0 Å². The molecule has 0 aliphatic heterocycles. The van der Waals surface area contributed by atoms with Crippen LogP contribution in [-0.2, 0) is 0 Å². The van der Waals surface area contributed by atoms with Crippen molar-refractivity contribution in [1.29, 1.82) is 0 Å². The maximum absolute atomic E-state index is 6.06. The second kappa shape index (κ2) is 4.58. The number of rotatable bonds is 1. The molecule has 0 fully saturated rings. The summed E-state index contributed by atoms with van der Waals surface area (Å²) in [6, 6.07) is 6.85. The molecule has 16 heavy (non-hydrogen) atoms. The van der Waals surface area contributed by atoms with E-state index in [9.17, 15) is 0 Å². The zero-order valence-corrected chi connectivity index (χ0v) is 10.6. The third kappa shape index (κ3) is 2.46. The Morgan fingerprint density at radius 1 is 1.00 bits per heavy atom. The van der Waals surface area contributed by atoms with Crippen LogP contribution in [0.4, 0.5) is 0 Å². The average molecular weight is 274 g/mol. The minimum absolute atomic E-state index is 0.397. The van der Waals surface area contributed by atoms with Crippen LogP contribution >= 0.6 is 34.8 Å². The highest BCUT2D eigenvalue weighted by molar-refractivity contribution is 6.36. The summed E-state index contributed by atoms with van der Waals surface area (Å²) in [6.45, 7) is 1.85. The number of nitrogens with zero attached hydrogens (tertiary/aromatic N) is 2. The molecule has 82 valence electrons. The van der Waals surface area contributed by atoms with Gasteiger partial charge in [0.15, 0.2) is 5.82 Å². The number of halogens is 3. The van der Waals surface area contributed by atoms with Crippen LogP contribution in [0.15, 0.2) is 24.3 Å². The van der Waals surface area contributed by atoms with Crippen molar-refractivity contribution >= 4 is 34.8 Å². The van der Waals surface area contributed by atoms with Gasteiger partial charge in [0.25, 0.3) is 0 Å². The van der Waals surface area contributed by atoms with Crippen molar-refractivity contribution in [1.82, 2.24) is 9.97 Å². The van der Waals surface area contributed by atoms with Gasteiger partial charge in [-0.05, 0) is 31.2 Å². The van der Waals surface area contributed by atoms with Crippen molar-refractivity contribution in [2.24, 2.45) is 0 Å². The quantitative estimate of drug-likeness (QED) is 0.719. The summed E-state index contributed by atoms with van der Waals surface area (Å²) in [5.74, 6) is 0.506. The first-order chi connectivity index (χ1) is 7.56. The van der Waals surface area contributed by atoms with Gasteiger partial charge >= 0.3 is 0 Å². The molecule has 0 amide bonds. The second-order valence-electron chi connectivity index (χ2n) is 3.28. The molecule has 0 bridgehead atoms. The molecule has 1 aromatic carbocycles. The molecule has 0 saturated carbocycles. The Morgan fingerprint density at radius 3 is 2.38 bits per heavy atom. The number of aromatic nitrogens is 2. The highest BCUT2D eigenvalue weighted by Crippen LogP contribution is 2.28. The zero-order chi connectivity index (χ0) is 11.7. The van der Waals surface area contributed by atoms with Crippen LogP contribution in [0.25, 0.3) is 11.4 Å². The van der Waals surface area contributed by atoms with Crippen LogP contribution in [-0.4, -0.2) is 9.97 Å². The van der Waals surface area contributed by atoms with Crippen LogP contribution in [0.5, 0.6) is 0 Å². The normalized spacial score (nSPS) is 10.5. The topological polar surface area (TPSA) is 25.8 Å². The molecule has 0 N–H and O–H groups in total. The van der Waals surface area contributed by atoms with E-state index in [1.54, 1.807) is 24.3 Å². The summed E-state index contributed by atoms with van der Waals surface area (Å²) in [7, 11) is 0. The third-order valence-electron chi connectivity index (χ3n) is 1.99. The van der Waals surface area contributed by atoms with Gasteiger partial charge in [0, 0.05) is 16.3 Å². The summed E-state index contributed by atoms with van der Waals surface area (Å²) >= 11 is 17.7. The Labute approximate surface area is 108 Å². The monoisotopic (exact) mass is 272 g/mol. The minimum Gasteiger partial charge on any atom is -0.233 e. The maximum atomic E-state index is 6.06. The summed E-state index contributed by atoms with van der Waals surface area (Å²) in [5, 5.41) is 1.48. The number of benzene rings is 1. The van der Waals surface area contributed by atoms with E-state index in [1.807, 2.05) is 6.92 Å². The molecule has 0 atom stereocenters. The molecule has 5 heteroatoms. The molecule has 0 spiro atoms. The lowest BCUT2D eigenvalue weighted by Crippen LogP contribution is -1.92. The molecule has 2 nitrogen and oxygen atoms in total. The van der Waals surface area contributed by atoms with Gasteiger partial charge in [0.05, 0.1) is 5.02 Å². The Kier molecular flexibility index (Phi) is 3.33. The van der Waals surface area contributed by atoms with Crippen LogP contribution in [0.3, 0.4) is 0 Å². The van der Waals surface area contributed by atoms with Gasteiger partial charge in [-0.2, -0.15) is 0 Å². The minimum atomic E-state index is 0.397. The Hall–Kier alpha value is -0.830. The SMILES string of the molecule is Cc1cc(Cl)nc(-c2ccc(Cl)cc2Cl)n1. The summed E-state index contributed by atoms with van der Waals surface area (Å²) < 4.78 is 0. The van der Waals surface area contributed by atoms with Crippen molar-refractivity contribution in [2.45, 2.75) is 6.92 Å². The molecule has 2 aromatic rings. The van der Waals surface area contributed by atoms with E-state index in [1.165, 1.54) is 0 Å². The predicted molar refractivity (Wildman–Crippen MR) is 67.2 cm³/mol. The smallest absolute Gasteiger partial charge is 0.162 e. The fourth-order valence-electron chi connectivity index (χ4n) is 1.32. The second-order valence-corrected chi connectivity index (χ2v) is 4.51. The fraction of sp³-hybridized carbons (Fsp3) is 0.0909. The average Bonchev–Trinajstić information content (AvgIpc) is 2.15. The van der Waals surface area contributed by atoms with E-state index in [-0.39, 0.29) is 0 Å². The Bertz CT molecular complexity index is 520. The molecular weight excluding hydrogens is 266 g/mol. The van der Waals surface area contributed by atoms with Crippen molar-refractivity contribution < 1.29 is 0 Å². The molecular formula is C11H7Cl3N2. The van der Waals surface area contributed by atoms with E-state index in [4.69, 9.17) is 34.8 Å². The number of hydrogen-bond donors (Lipinski definition) is 0. The summed E-state index contributed by atoms with van der Waals surface area (Å²) in [6.07, 6.45) is 0. The fourth-order valence-corrected chi connectivity index (χ4v) is 2.05. The molecule has 1 aromatic heterocycles. The molecule has 1 heterocycles. The molecule has 2 rings (SSSR count). The van der Waals surface area contributed by atoms with Crippen LogP contribution < -0.4 is 0 Å². The van der Waals surface area contributed by atoms with Crippen LogP contribution in [0.2, 0.25) is 15.2 Å². The lowest BCUT2D eigenvalue weighted by atomic mass is 10.2. The van der Waals surface area contributed by atoms with Gasteiger partial charge in [-0.15, -0.1) is 0 Å². The van der Waals surface area contributed by atoms with E-state index in [0.717, 1.165) is 11.3 Å². The first-order valence-corrected chi connectivity index (χ1v) is 5.66. The van der Waals surface area contributed by atoms with Gasteiger partial charge < -0.3 is 0 Å². The Balaban J connectivity index is 2.58. The standard InChI is InChI=1S/C11H7Cl3N2/c1-6-4-10(14)16-11(15-6)8-3-2-7(12)5-9(8)13/h2-5H,1H3. The molecule has 0 aliphatic carbocycles. The van der Waals surface area contributed by atoms with Gasteiger partial charge in [0.1, 0.15) is 5.15 Å². The Morgan fingerprint density at radius 2 is 1.75 bits per heavy atom. The van der Waals surface area contributed by atoms with Crippen molar-refractivity contribution in [2.75, 3.05) is 0 Å². The zero-order valence-electron chi connectivity index (χ0n) is 8.34. The number of aryl methyl sites for hydroxylation is 1. The summed E-state index contributed by atoms with van der Waals surface area (Å²) in [4.78, 5) is 8.39. The lowest BCUT2D eigenvalue weighted by molar-refractivity contribution is 1.11. The largest absolute Gasteiger partial charge is 0.233 e. The van der Waals surface area contributed by atoms with Crippen LogP contribution in [0.1, 0.15) is 5.69 Å². The van der Waals surface area contributed by atoms with Gasteiger partial charge in [-0.25, -0.2) is 9.97 Å². The highest BCUT2D eigenvalue weighted by Gasteiger charge is 2.08. The molecule has 0 saturated heterocycles. The van der Waals surface area contributed by atoms with E-state index >= 15 is 0 Å². The van der Waals surface area contributed by atoms with Crippen LogP contribution in [0, 0.1) is 6.92 Å². The van der Waals surface area contributed by atoms with Crippen molar-refractivity contribution in [3.8, 4) is 11.4 Å². The highest BCUT2D eigenvalue weighted by atomic mass is 35.5. The molecule has 0 aliphatic rings. The number of hydrogen-bond acceptors (Lipinski definition) is 2. The molecule has 0 unspecified atom stereocenters. The summed E-state index contributed by atoms with van der Waals surface area (Å²) in [5.41, 5.74) is 1.51. The van der Waals surface area contributed by atoms with Gasteiger partial charge in [0.2, 0.25) is 0 Å². The van der Waals surface area contributed by atoms with Gasteiger partial charge in [-0.1, -0.05) is 34.8 Å². The van der Waals surface area contributed by atoms with E-state index in [2.05, 4.69) is 9.97 Å². The first-order valence-electron chi connectivity index (χ1n) is 4.53. The molecule has 0 radical (unpaired) electrons. The third-order valence-corrected chi connectivity index (χ3v) is 2.74. The van der Waals surface area contributed by atoms with E-state index in [0.29, 0.717) is 21.0 Å². The van der Waals surface area contributed by atoms with E-state index < -0.39 is 0 Å². The maximum Gasteiger partial charge on any atom is 0.162 e. The lowest BCUT2D eigenvalue weighted by Gasteiger charge is -2.04. The van der Waals surface area contributed by atoms with Crippen molar-refractivity contribution in [3.05, 3.63) is 45.2 Å². The van der Waals surface area contributed by atoms with Gasteiger partial charge in [-0.3, -0.25) is 0 Å². The predicted octanol–water partition coefficient (Wildman–Crippen LogP) is 4.41. The first kappa shape index (κ1) is 11.6.